The molecule has 0 saturated heterocycles. The van der Waals surface area contributed by atoms with Gasteiger partial charge in [0.2, 0.25) is 0 Å². The molecule has 0 bridgehead atoms. The molecule has 1 aromatic rings. The van der Waals surface area contributed by atoms with Gasteiger partial charge in [0.15, 0.2) is 5.78 Å². The summed E-state index contributed by atoms with van der Waals surface area (Å²) in [7, 11) is 0. The second-order valence-corrected chi connectivity index (χ2v) is 5.00. The third kappa shape index (κ3) is 4.83. The molecule has 0 atom stereocenters. The first kappa shape index (κ1) is 15.4. The minimum Gasteiger partial charge on any atom is -0.461 e. The summed E-state index contributed by atoms with van der Waals surface area (Å²) in [6.45, 7) is 5.03. The van der Waals surface area contributed by atoms with Crippen LogP contribution < -0.4 is 0 Å². The monoisotopic (exact) mass is 264 g/mol. The quantitative estimate of drug-likeness (QED) is 0.633. The van der Waals surface area contributed by atoms with Gasteiger partial charge in [0, 0.05) is 12.0 Å². The molecule has 1 N–H and O–H groups in total. The number of hydrogen-bond acceptors (Lipinski definition) is 4. The van der Waals surface area contributed by atoms with Crippen LogP contribution in [-0.4, -0.2) is 22.5 Å². The molecule has 1 aromatic carbocycles. The first-order valence-electron chi connectivity index (χ1n) is 6.36. The van der Waals surface area contributed by atoms with Gasteiger partial charge in [-0.05, 0) is 25.8 Å². The van der Waals surface area contributed by atoms with Crippen LogP contribution in [0.25, 0.3) is 0 Å². The lowest BCUT2D eigenvalue weighted by Crippen LogP contribution is -2.31. The van der Waals surface area contributed by atoms with Crippen molar-refractivity contribution in [2.45, 2.75) is 45.8 Å². The van der Waals surface area contributed by atoms with E-state index < -0.39 is 5.60 Å². The zero-order valence-corrected chi connectivity index (χ0v) is 11.6. The summed E-state index contributed by atoms with van der Waals surface area (Å²) in [6, 6.07) is 6.70. The summed E-state index contributed by atoms with van der Waals surface area (Å²) in [5.41, 5.74) is -0.123. The number of carbonyl (C=O) groups excluding carboxylic acids is 2. The van der Waals surface area contributed by atoms with Gasteiger partial charge >= 0.3 is 5.97 Å². The van der Waals surface area contributed by atoms with Gasteiger partial charge in [-0.2, -0.15) is 0 Å². The van der Waals surface area contributed by atoms with Crippen molar-refractivity contribution < 1.29 is 19.4 Å². The van der Waals surface area contributed by atoms with Gasteiger partial charge in [0.05, 0.1) is 0 Å². The lowest BCUT2D eigenvalue weighted by atomic mass is 9.96. The molecule has 0 unspecified atom stereocenters. The average Bonchev–Trinajstić information content (AvgIpc) is 2.35. The van der Waals surface area contributed by atoms with Crippen molar-refractivity contribution in [1.29, 1.82) is 0 Å². The van der Waals surface area contributed by atoms with Gasteiger partial charge in [-0.3, -0.25) is 9.59 Å². The molecule has 0 spiro atoms. The van der Waals surface area contributed by atoms with Crippen LogP contribution in [0.1, 0.15) is 49.5 Å². The molecule has 0 amide bonds. The fraction of sp³-hybridized carbons (Fsp3) is 0.467. The van der Waals surface area contributed by atoms with Crippen molar-refractivity contribution >= 4 is 11.8 Å². The molecule has 0 heterocycles. The molecule has 4 nitrogen and oxygen atoms in total. The number of ether oxygens (including phenoxy) is 1. The highest BCUT2D eigenvalue weighted by Gasteiger charge is 2.24. The molecule has 0 aliphatic heterocycles. The summed E-state index contributed by atoms with van der Waals surface area (Å²) in [4.78, 5) is 23.0. The van der Waals surface area contributed by atoms with Crippen molar-refractivity contribution in [3.8, 4) is 0 Å². The van der Waals surface area contributed by atoms with E-state index in [-0.39, 0.29) is 18.4 Å². The third-order valence-electron chi connectivity index (χ3n) is 2.63. The van der Waals surface area contributed by atoms with Crippen molar-refractivity contribution in [3.05, 3.63) is 35.4 Å². The van der Waals surface area contributed by atoms with Crippen LogP contribution >= 0.6 is 0 Å². The Morgan fingerprint density at radius 2 is 1.79 bits per heavy atom. The van der Waals surface area contributed by atoms with Gasteiger partial charge < -0.3 is 9.84 Å². The van der Waals surface area contributed by atoms with Gasteiger partial charge in [-0.1, -0.05) is 31.2 Å². The summed E-state index contributed by atoms with van der Waals surface area (Å²) in [5, 5.41) is 9.63. The van der Waals surface area contributed by atoms with E-state index in [9.17, 15) is 14.7 Å². The normalized spacial score (nSPS) is 11.2. The van der Waals surface area contributed by atoms with Gasteiger partial charge in [0.1, 0.15) is 12.2 Å². The largest absolute Gasteiger partial charge is 0.461 e. The Balaban J connectivity index is 2.62. The fourth-order valence-corrected chi connectivity index (χ4v) is 1.55. The predicted molar refractivity (Wildman–Crippen MR) is 71.8 cm³/mol. The van der Waals surface area contributed by atoms with Crippen molar-refractivity contribution in [2.75, 3.05) is 0 Å². The first-order chi connectivity index (χ1) is 8.84. The molecule has 19 heavy (non-hydrogen) atoms. The molecular formula is C15H20O4. The molecule has 0 aliphatic rings. The summed E-state index contributed by atoms with van der Waals surface area (Å²) >= 11 is 0. The van der Waals surface area contributed by atoms with E-state index in [1.54, 1.807) is 24.3 Å². The van der Waals surface area contributed by atoms with Crippen LogP contribution in [0.5, 0.6) is 0 Å². The molecular weight excluding hydrogens is 244 g/mol. The summed E-state index contributed by atoms with van der Waals surface area (Å²) in [5.74, 6) is -0.554. The molecule has 104 valence electrons. The first-order valence-corrected chi connectivity index (χ1v) is 6.36. The van der Waals surface area contributed by atoms with Crippen molar-refractivity contribution in [1.82, 2.24) is 0 Å². The Labute approximate surface area is 113 Å². The Kier molecular flexibility index (Phi) is 5.24. The van der Waals surface area contributed by atoms with Crippen LogP contribution in [0.15, 0.2) is 24.3 Å². The van der Waals surface area contributed by atoms with Crippen LogP contribution in [0, 0.1) is 0 Å². The molecule has 0 radical (unpaired) electrons. The second kappa shape index (κ2) is 6.48. The maximum absolute atomic E-state index is 11.8. The minimum atomic E-state index is -1.38. The van der Waals surface area contributed by atoms with Gasteiger partial charge in [-0.15, -0.1) is 0 Å². The molecule has 0 aromatic heterocycles. The SMILES string of the molecule is CCCC(=O)OCc1ccc(C(=O)C(C)(C)O)cc1. The zero-order valence-electron chi connectivity index (χ0n) is 11.6. The predicted octanol–water partition coefficient (Wildman–Crippen LogP) is 2.48. The number of esters is 1. The van der Waals surface area contributed by atoms with Crippen LogP contribution in [0.3, 0.4) is 0 Å². The number of aliphatic hydroxyl groups is 1. The van der Waals surface area contributed by atoms with Crippen LogP contribution in [-0.2, 0) is 16.1 Å². The van der Waals surface area contributed by atoms with E-state index in [2.05, 4.69) is 0 Å². The van der Waals surface area contributed by atoms with Crippen molar-refractivity contribution in [3.63, 3.8) is 0 Å². The Hall–Kier alpha value is -1.68. The zero-order chi connectivity index (χ0) is 14.5. The number of Topliss-reactive ketones (excluding diaryl/α,β-unsaturated/α-hetero) is 1. The van der Waals surface area contributed by atoms with E-state index in [1.807, 2.05) is 6.92 Å². The fourth-order valence-electron chi connectivity index (χ4n) is 1.55. The van der Waals surface area contributed by atoms with E-state index >= 15 is 0 Å². The number of benzene rings is 1. The molecule has 4 heteroatoms. The molecule has 0 aliphatic carbocycles. The highest BCUT2D eigenvalue weighted by Crippen LogP contribution is 2.14. The van der Waals surface area contributed by atoms with Gasteiger partial charge in [-0.25, -0.2) is 0 Å². The van der Waals surface area contributed by atoms with Crippen LogP contribution in [0.2, 0.25) is 0 Å². The summed E-state index contributed by atoms with van der Waals surface area (Å²) < 4.78 is 5.06. The van der Waals surface area contributed by atoms with E-state index in [0.29, 0.717) is 12.0 Å². The van der Waals surface area contributed by atoms with Crippen molar-refractivity contribution in [2.24, 2.45) is 0 Å². The highest BCUT2D eigenvalue weighted by molar-refractivity contribution is 6.01. The van der Waals surface area contributed by atoms with E-state index in [4.69, 9.17) is 4.74 Å². The Bertz CT molecular complexity index is 440. The maximum atomic E-state index is 11.8. The number of rotatable bonds is 6. The molecule has 0 fully saturated rings. The Morgan fingerprint density at radius 1 is 1.21 bits per heavy atom. The minimum absolute atomic E-state index is 0.204. The van der Waals surface area contributed by atoms with Gasteiger partial charge in [0.25, 0.3) is 0 Å². The molecule has 0 saturated carbocycles. The topological polar surface area (TPSA) is 63.6 Å². The lowest BCUT2D eigenvalue weighted by molar-refractivity contribution is -0.144. The van der Waals surface area contributed by atoms with E-state index in [0.717, 1.165) is 12.0 Å². The smallest absolute Gasteiger partial charge is 0.306 e. The third-order valence-corrected chi connectivity index (χ3v) is 2.63. The summed E-state index contributed by atoms with van der Waals surface area (Å²) in [6.07, 6.45) is 1.17. The standard InChI is InChI=1S/C15H20O4/c1-4-5-13(16)19-10-11-6-8-12(9-7-11)14(17)15(2,3)18/h6-9,18H,4-5,10H2,1-3H3. The number of carbonyl (C=O) groups is 2. The second-order valence-electron chi connectivity index (χ2n) is 5.00. The highest BCUT2D eigenvalue weighted by atomic mass is 16.5. The lowest BCUT2D eigenvalue weighted by Gasteiger charge is -2.15. The number of hydrogen-bond donors (Lipinski definition) is 1. The van der Waals surface area contributed by atoms with Crippen LogP contribution in [0.4, 0.5) is 0 Å². The maximum Gasteiger partial charge on any atom is 0.306 e. The average molecular weight is 264 g/mol. The molecule has 1 rings (SSSR count). The Morgan fingerprint density at radius 3 is 2.26 bits per heavy atom. The number of ketones is 1. The van der Waals surface area contributed by atoms with E-state index in [1.165, 1.54) is 13.8 Å².